The number of amides is 2. The van der Waals surface area contributed by atoms with Crippen molar-refractivity contribution in [3.63, 3.8) is 0 Å². The fourth-order valence-corrected chi connectivity index (χ4v) is 3.56. The van der Waals surface area contributed by atoms with Crippen LogP contribution in [0.1, 0.15) is 27.2 Å². The van der Waals surface area contributed by atoms with Crippen LogP contribution in [0.15, 0.2) is 35.5 Å². The van der Waals surface area contributed by atoms with Gasteiger partial charge in [0.1, 0.15) is 12.7 Å². The first-order valence-corrected chi connectivity index (χ1v) is 10.1. The zero-order valence-electron chi connectivity index (χ0n) is 17.2. The van der Waals surface area contributed by atoms with Gasteiger partial charge in [0.05, 0.1) is 18.2 Å². The summed E-state index contributed by atoms with van der Waals surface area (Å²) in [5, 5.41) is 5.60. The van der Waals surface area contributed by atoms with Crippen LogP contribution in [0.4, 0.5) is 4.79 Å². The lowest BCUT2D eigenvalue weighted by Crippen LogP contribution is -2.52. The first kappa shape index (κ1) is 21.0. The van der Waals surface area contributed by atoms with Gasteiger partial charge in [0.2, 0.25) is 0 Å². The van der Waals surface area contributed by atoms with E-state index < -0.39 is 5.97 Å². The maximum atomic E-state index is 12.5. The Hall–Kier alpha value is -2.74. The Balaban J connectivity index is 1.75. The molecule has 158 valence electrons. The van der Waals surface area contributed by atoms with E-state index in [9.17, 15) is 9.59 Å². The molecule has 2 amide bonds. The summed E-state index contributed by atoms with van der Waals surface area (Å²) in [6.45, 7) is 8.19. The summed E-state index contributed by atoms with van der Waals surface area (Å²) in [6, 6.07) is 6.93. The van der Waals surface area contributed by atoms with Crippen LogP contribution in [0, 0.1) is 0 Å². The smallest absolute Gasteiger partial charge is 0.337 e. The van der Waals surface area contributed by atoms with E-state index in [1.165, 1.54) is 0 Å². The molecule has 0 fully saturated rings. The summed E-state index contributed by atoms with van der Waals surface area (Å²) in [5.41, 5.74) is 1.07. The maximum absolute atomic E-state index is 12.5. The third-order valence-electron chi connectivity index (χ3n) is 5.01. The number of rotatable bonds is 8. The lowest BCUT2D eigenvalue weighted by atomic mass is 10.00. The minimum atomic E-state index is -0.399. The fourth-order valence-electron chi connectivity index (χ4n) is 3.56. The molecule has 0 spiro atoms. The molecule has 2 atom stereocenters. The molecule has 2 aliphatic heterocycles. The van der Waals surface area contributed by atoms with Gasteiger partial charge >= 0.3 is 12.0 Å². The molecule has 2 N–H and O–H groups in total. The van der Waals surface area contributed by atoms with Gasteiger partial charge in [0.25, 0.3) is 0 Å². The van der Waals surface area contributed by atoms with E-state index in [0.717, 1.165) is 18.0 Å². The van der Waals surface area contributed by atoms with E-state index in [1.807, 2.05) is 38.1 Å². The van der Waals surface area contributed by atoms with Gasteiger partial charge in [-0.05, 0) is 32.0 Å². The molecule has 3 rings (SSSR count). The number of ether oxygens (including phenoxy) is 3. The Morgan fingerprint density at radius 1 is 1.24 bits per heavy atom. The summed E-state index contributed by atoms with van der Waals surface area (Å²) in [5.74, 6) is 1.08. The van der Waals surface area contributed by atoms with E-state index in [4.69, 9.17) is 14.2 Å². The van der Waals surface area contributed by atoms with Gasteiger partial charge in [-0.3, -0.25) is 4.90 Å². The molecule has 8 heteroatoms. The Bertz CT molecular complexity index is 779. The van der Waals surface area contributed by atoms with Gasteiger partial charge < -0.3 is 24.8 Å². The largest absolute Gasteiger partial charge is 0.486 e. The molecule has 2 heterocycles. The molecular formula is C21H29N3O5. The number of nitrogens with zero attached hydrogens (tertiary/aromatic N) is 1. The lowest BCUT2D eigenvalue weighted by molar-refractivity contribution is -0.139. The van der Waals surface area contributed by atoms with Crippen LogP contribution in [0.25, 0.3) is 0 Å². The van der Waals surface area contributed by atoms with Crippen LogP contribution >= 0.6 is 0 Å². The number of urea groups is 1. The number of carbonyl (C=O) groups excluding carboxylic acids is 2. The van der Waals surface area contributed by atoms with Crippen molar-refractivity contribution in [2.45, 2.75) is 39.3 Å². The molecule has 8 nitrogen and oxygen atoms in total. The van der Waals surface area contributed by atoms with Crippen LogP contribution in [-0.4, -0.2) is 61.9 Å². The van der Waals surface area contributed by atoms with Crippen molar-refractivity contribution in [3.05, 3.63) is 35.5 Å². The van der Waals surface area contributed by atoms with Crippen molar-refractivity contribution in [2.24, 2.45) is 0 Å². The molecule has 0 aromatic heterocycles. The Morgan fingerprint density at radius 2 is 2.00 bits per heavy atom. The number of nitrogens with one attached hydrogen (secondary N) is 2. The van der Waals surface area contributed by atoms with E-state index in [0.29, 0.717) is 37.4 Å². The molecule has 0 saturated heterocycles. The fraction of sp³-hybridized carbons (Fsp3) is 0.524. The third kappa shape index (κ3) is 5.00. The minimum Gasteiger partial charge on any atom is -0.486 e. The van der Waals surface area contributed by atoms with E-state index in [2.05, 4.69) is 15.5 Å². The second-order valence-corrected chi connectivity index (χ2v) is 7.00. The van der Waals surface area contributed by atoms with Gasteiger partial charge in [-0.1, -0.05) is 26.0 Å². The van der Waals surface area contributed by atoms with Gasteiger partial charge in [0.15, 0.2) is 11.5 Å². The highest BCUT2D eigenvalue weighted by atomic mass is 16.6. The summed E-state index contributed by atoms with van der Waals surface area (Å²) >= 11 is 0. The number of fused-ring (bicyclic) bond motifs is 1. The third-order valence-corrected chi connectivity index (χ3v) is 5.01. The number of esters is 1. The van der Waals surface area contributed by atoms with E-state index >= 15 is 0 Å². The van der Waals surface area contributed by atoms with Gasteiger partial charge in [-0.15, -0.1) is 0 Å². The van der Waals surface area contributed by atoms with Crippen LogP contribution in [0.5, 0.6) is 11.5 Å². The quantitative estimate of drug-likeness (QED) is 0.646. The number of hydrogen-bond donors (Lipinski definition) is 2. The number of benzene rings is 1. The average Bonchev–Trinajstić information content (AvgIpc) is 2.72. The van der Waals surface area contributed by atoms with Crippen molar-refractivity contribution in [2.75, 3.05) is 32.8 Å². The molecule has 0 aliphatic carbocycles. The molecule has 0 radical (unpaired) electrons. The van der Waals surface area contributed by atoms with Crippen LogP contribution < -0.4 is 20.1 Å². The first-order valence-electron chi connectivity index (χ1n) is 10.1. The highest BCUT2D eigenvalue weighted by Gasteiger charge is 2.32. The molecule has 0 unspecified atom stereocenters. The van der Waals surface area contributed by atoms with Crippen molar-refractivity contribution in [3.8, 4) is 11.5 Å². The van der Waals surface area contributed by atoms with Crippen LogP contribution in [0.2, 0.25) is 0 Å². The van der Waals surface area contributed by atoms with Gasteiger partial charge in [-0.2, -0.15) is 0 Å². The standard InChI is InChI=1S/C21H29N3O5/c1-4-15-19(20(25)27-6-3)16(23-21(26)22-15)12-24(5-2)11-14-13-28-17-9-7-8-10-18(17)29-14/h7-10,14-15H,4-6,11-13H2,1-3H3,(H2,22,23,26)/t14-,15+/m0/s1. The molecule has 1 aromatic carbocycles. The Kier molecular flexibility index (Phi) is 6.98. The Morgan fingerprint density at radius 3 is 2.69 bits per heavy atom. The normalized spacial score (nSPS) is 20.9. The number of para-hydroxylation sites is 2. The number of carbonyl (C=O) groups is 2. The molecule has 2 aliphatic rings. The molecule has 29 heavy (non-hydrogen) atoms. The number of hydrogen-bond acceptors (Lipinski definition) is 6. The lowest BCUT2D eigenvalue weighted by Gasteiger charge is -2.33. The zero-order valence-corrected chi connectivity index (χ0v) is 17.2. The van der Waals surface area contributed by atoms with Gasteiger partial charge in [-0.25, -0.2) is 9.59 Å². The summed E-state index contributed by atoms with van der Waals surface area (Å²) < 4.78 is 17.1. The molecular weight excluding hydrogens is 374 g/mol. The average molecular weight is 403 g/mol. The van der Waals surface area contributed by atoms with E-state index in [1.54, 1.807) is 6.92 Å². The van der Waals surface area contributed by atoms with Gasteiger partial charge in [0, 0.05) is 18.8 Å². The monoisotopic (exact) mass is 403 g/mol. The van der Waals surface area contributed by atoms with Crippen molar-refractivity contribution < 1.29 is 23.8 Å². The molecule has 0 saturated carbocycles. The Labute approximate surface area is 171 Å². The second kappa shape index (κ2) is 9.65. The minimum absolute atomic E-state index is 0.143. The predicted octanol–water partition coefficient (Wildman–Crippen LogP) is 2.06. The molecule has 0 bridgehead atoms. The van der Waals surface area contributed by atoms with E-state index in [-0.39, 0.29) is 24.8 Å². The van der Waals surface area contributed by atoms with Crippen molar-refractivity contribution in [1.29, 1.82) is 0 Å². The zero-order chi connectivity index (χ0) is 20.8. The first-order chi connectivity index (χ1) is 14.0. The molecule has 1 aromatic rings. The summed E-state index contributed by atoms with van der Waals surface area (Å²) in [7, 11) is 0. The van der Waals surface area contributed by atoms with Crippen molar-refractivity contribution >= 4 is 12.0 Å². The van der Waals surface area contributed by atoms with Crippen LogP contribution in [-0.2, 0) is 9.53 Å². The van der Waals surface area contributed by atoms with Crippen LogP contribution in [0.3, 0.4) is 0 Å². The summed E-state index contributed by atoms with van der Waals surface area (Å²) in [6.07, 6.45) is 0.462. The topological polar surface area (TPSA) is 89.1 Å². The second-order valence-electron chi connectivity index (χ2n) is 7.00. The predicted molar refractivity (Wildman–Crippen MR) is 108 cm³/mol. The SMILES string of the molecule is CCOC(=O)C1=C(CN(CC)C[C@H]2COc3ccccc3O2)NC(=O)N[C@@H]1CC. The summed E-state index contributed by atoms with van der Waals surface area (Å²) in [4.78, 5) is 26.8. The highest BCUT2D eigenvalue weighted by molar-refractivity contribution is 5.94. The number of likely N-dealkylation sites (N-methyl/N-ethyl adjacent to an activating group) is 1. The maximum Gasteiger partial charge on any atom is 0.337 e. The van der Waals surface area contributed by atoms with Crippen molar-refractivity contribution in [1.82, 2.24) is 15.5 Å². The highest BCUT2D eigenvalue weighted by Crippen LogP contribution is 2.31.